The molecule has 112 valence electrons. The summed E-state index contributed by atoms with van der Waals surface area (Å²) in [5.41, 5.74) is 0.830. The van der Waals surface area contributed by atoms with Gasteiger partial charge in [-0.2, -0.15) is 14.9 Å². The molecule has 0 atom stereocenters. The van der Waals surface area contributed by atoms with E-state index in [0.717, 1.165) is 16.2 Å². The predicted molar refractivity (Wildman–Crippen MR) is 91.4 cm³/mol. The van der Waals surface area contributed by atoms with Crippen molar-refractivity contribution in [3.05, 3.63) is 50.9 Å². The highest BCUT2D eigenvalue weighted by Gasteiger charge is 2.12. The number of ether oxygens (including phenoxy) is 1. The molecule has 22 heavy (non-hydrogen) atoms. The number of rotatable bonds is 4. The summed E-state index contributed by atoms with van der Waals surface area (Å²) in [6.07, 6.45) is 1.78. The quantitative estimate of drug-likeness (QED) is 0.583. The zero-order valence-corrected chi connectivity index (χ0v) is 13.7. The SMILES string of the molecule is COc1ccccc1-c1n[nH]c(=S)n1/N=C\c1ccc(C)s1. The van der Waals surface area contributed by atoms with Gasteiger partial charge in [0.1, 0.15) is 5.75 Å². The Bertz CT molecular complexity index is 876. The van der Waals surface area contributed by atoms with Crippen molar-refractivity contribution in [3.63, 3.8) is 0 Å². The number of methoxy groups -OCH3 is 1. The molecule has 0 bridgehead atoms. The topological polar surface area (TPSA) is 55.2 Å². The van der Waals surface area contributed by atoms with Gasteiger partial charge in [-0.15, -0.1) is 11.3 Å². The van der Waals surface area contributed by atoms with E-state index in [0.29, 0.717) is 10.6 Å². The van der Waals surface area contributed by atoms with Crippen LogP contribution in [0.15, 0.2) is 41.5 Å². The van der Waals surface area contributed by atoms with Gasteiger partial charge in [-0.25, -0.2) is 5.10 Å². The first kappa shape index (κ1) is 14.7. The lowest BCUT2D eigenvalue weighted by atomic mass is 10.2. The van der Waals surface area contributed by atoms with Crippen molar-refractivity contribution in [1.29, 1.82) is 0 Å². The zero-order chi connectivity index (χ0) is 15.5. The fourth-order valence-corrected chi connectivity index (χ4v) is 2.96. The monoisotopic (exact) mass is 330 g/mol. The number of nitrogens with one attached hydrogen (secondary N) is 1. The maximum absolute atomic E-state index is 5.38. The Labute approximate surface area is 136 Å². The standard InChI is InChI=1S/C15H14N4OS2/c1-10-7-8-11(22-10)9-16-19-14(17-18-15(19)21)12-5-3-4-6-13(12)20-2/h3-9H,1-2H3,(H,18,21)/b16-9-. The predicted octanol–water partition coefficient (Wildman–Crippen LogP) is 3.87. The molecule has 7 heteroatoms. The first-order valence-corrected chi connectivity index (χ1v) is 7.83. The summed E-state index contributed by atoms with van der Waals surface area (Å²) in [7, 11) is 1.63. The highest BCUT2D eigenvalue weighted by molar-refractivity contribution is 7.71. The molecular formula is C15H14N4OS2. The fraction of sp³-hybridized carbons (Fsp3) is 0.133. The second-order valence-electron chi connectivity index (χ2n) is 4.56. The van der Waals surface area contributed by atoms with Crippen molar-refractivity contribution >= 4 is 29.8 Å². The van der Waals surface area contributed by atoms with Crippen LogP contribution in [0.5, 0.6) is 5.75 Å². The minimum absolute atomic E-state index is 0.436. The molecule has 5 nitrogen and oxygen atoms in total. The van der Waals surface area contributed by atoms with Crippen LogP contribution in [-0.2, 0) is 0 Å². The molecule has 3 rings (SSSR count). The lowest BCUT2D eigenvalue weighted by Gasteiger charge is -2.06. The van der Waals surface area contributed by atoms with E-state index >= 15 is 0 Å². The van der Waals surface area contributed by atoms with Crippen molar-refractivity contribution in [1.82, 2.24) is 14.9 Å². The summed E-state index contributed by atoms with van der Waals surface area (Å²) in [5, 5.41) is 11.5. The highest BCUT2D eigenvalue weighted by Crippen LogP contribution is 2.28. The van der Waals surface area contributed by atoms with Gasteiger partial charge in [-0.1, -0.05) is 12.1 Å². The van der Waals surface area contributed by atoms with Gasteiger partial charge in [0, 0.05) is 9.75 Å². The molecule has 0 saturated carbocycles. The number of benzene rings is 1. The number of aromatic amines is 1. The number of H-pyrrole nitrogens is 1. The summed E-state index contributed by atoms with van der Waals surface area (Å²) in [5.74, 6) is 1.34. The van der Waals surface area contributed by atoms with Crippen molar-refractivity contribution in [3.8, 4) is 17.1 Å². The Morgan fingerprint density at radius 2 is 2.14 bits per heavy atom. The third-order valence-corrected chi connectivity index (χ3v) is 4.26. The van der Waals surface area contributed by atoms with Gasteiger partial charge >= 0.3 is 0 Å². The molecule has 3 aromatic rings. The van der Waals surface area contributed by atoms with Crippen LogP contribution in [0.1, 0.15) is 9.75 Å². The summed E-state index contributed by atoms with van der Waals surface area (Å²) in [6.45, 7) is 2.06. The van der Waals surface area contributed by atoms with Crippen molar-refractivity contribution in [2.45, 2.75) is 6.92 Å². The normalized spacial score (nSPS) is 11.2. The molecule has 2 heterocycles. The molecule has 1 N–H and O–H groups in total. The van der Waals surface area contributed by atoms with Gasteiger partial charge in [-0.05, 0) is 43.4 Å². The van der Waals surface area contributed by atoms with Gasteiger partial charge in [0.05, 0.1) is 18.9 Å². The second kappa shape index (κ2) is 6.25. The van der Waals surface area contributed by atoms with Crippen LogP contribution in [0.2, 0.25) is 0 Å². The third kappa shape index (κ3) is 2.86. The molecule has 0 spiro atoms. The van der Waals surface area contributed by atoms with Crippen LogP contribution >= 0.6 is 23.6 Å². The third-order valence-electron chi connectivity index (χ3n) is 3.06. The number of thiophene rings is 1. The van der Waals surface area contributed by atoms with Crippen molar-refractivity contribution in [2.75, 3.05) is 7.11 Å². The summed E-state index contributed by atoms with van der Waals surface area (Å²) < 4.78 is 7.41. The smallest absolute Gasteiger partial charge is 0.216 e. The van der Waals surface area contributed by atoms with E-state index in [-0.39, 0.29) is 0 Å². The largest absolute Gasteiger partial charge is 0.496 e. The maximum atomic E-state index is 5.38. The Hall–Kier alpha value is -2.25. The molecule has 1 aromatic carbocycles. The highest BCUT2D eigenvalue weighted by atomic mass is 32.1. The molecule has 0 aliphatic rings. The molecule has 0 aliphatic heterocycles. The number of hydrogen-bond donors (Lipinski definition) is 1. The molecule has 2 aromatic heterocycles. The Morgan fingerprint density at radius 1 is 1.32 bits per heavy atom. The van der Waals surface area contributed by atoms with Crippen molar-refractivity contribution in [2.24, 2.45) is 5.10 Å². The number of aromatic nitrogens is 3. The summed E-state index contributed by atoms with van der Waals surface area (Å²) >= 11 is 6.94. The maximum Gasteiger partial charge on any atom is 0.216 e. The molecule has 0 unspecified atom stereocenters. The van der Waals surface area contributed by atoms with Gasteiger partial charge in [0.15, 0.2) is 5.82 Å². The average Bonchev–Trinajstić information content (AvgIpc) is 3.11. The van der Waals surface area contributed by atoms with Gasteiger partial charge in [-0.3, -0.25) is 0 Å². The lowest BCUT2D eigenvalue weighted by Crippen LogP contribution is -1.96. The molecule has 0 fully saturated rings. The van der Waals surface area contributed by atoms with E-state index in [9.17, 15) is 0 Å². The number of nitrogens with zero attached hydrogens (tertiary/aromatic N) is 3. The zero-order valence-electron chi connectivity index (χ0n) is 12.1. The van der Waals surface area contributed by atoms with Crippen LogP contribution in [0, 0.1) is 11.7 Å². The average molecular weight is 330 g/mol. The van der Waals surface area contributed by atoms with Crippen LogP contribution < -0.4 is 4.74 Å². The lowest BCUT2D eigenvalue weighted by molar-refractivity contribution is 0.416. The van der Waals surface area contributed by atoms with E-state index in [1.807, 2.05) is 30.3 Å². The number of aryl methyl sites for hydroxylation is 1. The number of hydrogen-bond acceptors (Lipinski definition) is 5. The van der Waals surface area contributed by atoms with Crippen LogP contribution in [-0.4, -0.2) is 28.2 Å². The molecule has 0 saturated heterocycles. The fourth-order valence-electron chi connectivity index (χ4n) is 2.04. The first-order valence-electron chi connectivity index (χ1n) is 6.60. The Kier molecular flexibility index (Phi) is 4.17. The minimum atomic E-state index is 0.436. The van der Waals surface area contributed by atoms with Gasteiger partial charge in [0.2, 0.25) is 4.77 Å². The molecule has 0 aliphatic carbocycles. The minimum Gasteiger partial charge on any atom is -0.496 e. The van der Waals surface area contributed by atoms with E-state index in [1.165, 1.54) is 4.88 Å². The van der Waals surface area contributed by atoms with Gasteiger partial charge in [0.25, 0.3) is 0 Å². The Balaban J connectivity index is 2.04. The van der Waals surface area contributed by atoms with E-state index < -0.39 is 0 Å². The second-order valence-corrected chi connectivity index (χ2v) is 6.26. The van der Waals surface area contributed by atoms with E-state index in [1.54, 1.807) is 29.3 Å². The van der Waals surface area contributed by atoms with E-state index in [2.05, 4.69) is 28.3 Å². The Morgan fingerprint density at radius 3 is 2.86 bits per heavy atom. The van der Waals surface area contributed by atoms with Gasteiger partial charge < -0.3 is 4.74 Å². The van der Waals surface area contributed by atoms with Crippen LogP contribution in [0.25, 0.3) is 11.4 Å². The summed E-state index contributed by atoms with van der Waals surface area (Å²) in [6, 6.07) is 11.7. The van der Waals surface area contributed by atoms with Crippen LogP contribution in [0.4, 0.5) is 0 Å². The first-order chi connectivity index (χ1) is 10.7. The van der Waals surface area contributed by atoms with Crippen molar-refractivity contribution < 1.29 is 4.74 Å². The molecular weight excluding hydrogens is 316 g/mol. The summed E-state index contributed by atoms with van der Waals surface area (Å²) in [4.78, 5) is 2.30. The molecule has 0 amide bonds. The van der Waals surface area contributed by atoms with E-state index in [4.69, 9.17) is 17.0 Å². The molecule has 0 radical (unpaired) electrons. The van der Waals surface area contributed by atoms with Crippen LogP contribution in [0.3, 0.4) is 0 Å². The number of para-hydroxylation sites is 1.